The van der Waals surface area contributed by atoms with Gasteiger partial charge in [0.2, 0.25) is 11.8 Å². The maximum atomic E-state index is 13.3. The third-order valence-electron chi connectivity index (χ3n) is 10.3. The number of hydrogen-bond acceptors (Lipinski definition) is 7. The minimum Gasteiger partial charge on any atom is -0.381 e. The minimum atomic E-state index is -1.17. The lowest BCUT2D eigenvalue weighted by molar-refractivity contribution is -0.143. The normalized spacial score (nSPS) is 22.4. The van der Waals surface area contributed by atoms with Crippen LogP contribution in [0.25, 0.3) is 33.6 Å². The first kappa shape index (κ1) is 34.6. The number of likely N-dealkylation sites (tertiary alicyclic amines) is 1. The average molecular weight is 694 g/mol. The van der Waals surface area contributed by atoms with Crippen LogP contribution < -0.4 is 10.6 Å². The predicted octanol–water partition coefficient (Wildman–Crippen LogP) is 5.36. The minimum absolute atomic E-state index is 0.134. The molecule has 5 N–H and O–H groups in total. The summed E-state index contributed by atoms with van der Waals surface area (Å²) in [5, 5.41) is 16.4. The van der Waals surface area contributed by atoms with Gasteiger partial charge in [0, 0.05) is 26.2 Å². The van der Waals surface area contributed by atoms with Crippen molar-refractivity contribution < 1.29 is 24.2 Å². The highest BCUT2D eigenvalue weighted by atomic mass is 16.5. The van der Waals surface area contributed by atoms with E-state index in [1.807, 2.05) is 18.3 Å². The summed E-state index contributed by atoms with van der Waals surface area (Å²) in [4.78, 5) is 56.2. The molecule has 1 aliphatic carbocycles. The molecule has 268 valence electrons. The topological polar surface area (TPSA) is 165 Å². The first-order valence-electron chi connectivity index (χ1n) is 18.3. The highest BCUT2D eigenvalue weighted by molar-refractivity contribution is 5.88. The third kappa shape index (κ3) is 7.92. The summed E-state index contributed by atoms with van der Waals surface area (Å²) in [6.45, 7) is 3.59. The Hall–Kier alpha value is -4.81. The van der Waals surface area contributed by atoms with Crippen molar-refractivity contribution in [2.75, 3.05) is 19.8 Å². The molecule has 4 heterocycles. The molecular weight excluding hydrogens is 646 g/mol. The van der Waals surface area contributed by atoms with Gasteiger partial charge in [-0.3, -0.25) is 14.4 Å². The summed E-state index contributed by atoms with van der Waals surface area (Å²) in [5.41, 5.74) is 4.66. The number of aliphatic hydroxyl groups is 1. The van der Waals surface area contributed by atoms with Crippen LogP contribution in [0.3, 0.4) is 0 Å². The van der Waals surface area contributed by atoms with Gasteiger partial charge in [0.05, 0.1) is 35.9 Å². The first-order valence-corrected chi connectivity index (χ1v) is 18.3. The van der Waals surface area contributed by atoms with Crippen molar-refractivity contribution in [2.45, 2.75) is 94.9 Å². The summed E-state index contributed by atoms with van der Waals surface area (Å²) in [6.07, 6.45) is 10.6. The van der Waals surface area contributed by atoms with Crippen molar-refractivity contribution in [3.8, 4) is 33.6 Å². The standard InChI is InChI=1S/C39H47N7O5/c1-2-34(47)42-30-7-4-3-5-21-51-22-17-29(45-37(30)48)35-40-23-31(43-35)27-13-9-25(10-14-27)26-11-15-28(16-12-26)32-24-41-36(44-32)33-8-6-20-46(33)38(49)39(50)18-19-39/h9-16,23-24,29-30,33,50H,2-8,17-22H2,1H3,(H,40,43)(H,41,44)(H,42,47)(H,45,48)/t29-,30-,33-/m0/s1. The van der Waals surface area contributed by atoms with Crippen molar-refractivity contribution in [2.24, 2.45) is 0 Å². The SMILES string of the molecule is CCC(=O)N[C@H]1CCCCCOCC[C@@H](c2ncc(-c3ccc(-c4ccc(-c5cnc([C@@H]6CCCN6C(=O)C6(O)CC6)[nH]5)cc4)cc3)[nH]2)NC1=O. The fraction of sp³-hybridized carbons (Fsp3) is 0.462. The predicted molar refractivity (Wildman–Crippen MR) is 192 cm³/mol. The second-order valence-electron chi connectivity index (χ2n) is 14.0. The average Bonchev–Trinajstić information content (AvgIpc) is 3.58. The monoisotopic (exact) mass is 693 g/mol. The molecule has 2 aliphatic heterocycles. The van der Waals surface area contributed by atoms with Crippen LogP contribution in [0.2, 0.25) is 0 Å². The van der Waals surface area contributed by atoms with E-state index in [1.165, 1.54) is 0 Å². The first-order chi connectivity index (χ1) is 24.8. The molecule has 2 aromatic carbocycles. The Morgan fingerprint density at radius 1 is 0.843 bits per heavy atom. The molecule has 12 heteroatoms. The van der Waals surface area contributed by atoms with Crippen LogP contribution >= 0.6 is 0 Å². The van der Waals surface area contributed by atoms with E-state index in [0.29, 0.717) is 57.7 Å². The number of ether oxygens (including phenoxy) is 1. The van der Waals surface area contributed by atoms with E-state index in [0.717, 1.165) is 71.6 Å². The van der Waals surface area contributed by atoms with E-state index >= 15 is 0 Å². The van der Waals surface area contributed by atoms with Gasteiger partial charge in [0.25, 0.3) is 5.91 Å². The van der Waals surface area contributed by atoms with Gasteiger partial charge in [-0.05, 0) is 67.2 Å². The quantitative estimate of drug-likeness (QED) is 0.166. The van der Waals surface area contributed by atoms with Gasteiger partial charge in [-0.2, -0.15) is 0 Å². The molecule has 0 unspecified atom stereocenters. The van der Waals surface area contributed by atoms with E-state index in [1.54, 1.807) is 18.0 Å². The smallest absolute Gasteiger partial charge is 0.255 e. The third-order valence-corrected chi connectivity index (χ3v) is 10.3. The number of nitrogens with zero attached hydrogens (tertiary/aromatic N) is 3. The van der Waals surface area contributed by atoms with Crippen LogP contribution in [0.15, 0.2) is 60.9 Å². The second-order valence-corrected chi connectivity index (χ2v) is 14.0. The summed E-state index contributed by atoms with van der Waals surface area (Å²) < 4.78 is 5.84. The summed E-state index contributed by atoms with van der Waals surface area (Å²) in [6, 6.07) is 15.4. The van der Waals surface area contributed by atoms with Gasteiger partial charge in [0.1, 0.15) is 23.3 Å². The van der Waals surface area contributed by atoms with Crippen molar-refractivity contribution in [3.63, 3.8) is 0 Å². The molecule has 3 atom stereocenters. The van der Waals surface area contributed by atoms with Crippen LogP contribution in [0.5, 0.6) is 0 Å². The summed E-state index contributed by atoms with van der Waals surface area (Å²) >= 11 is 0. The van der Waals surface area contributed by atoms with E-state index < -0.39 is 11.6 Å². The molecule has 0 spiro atoms. The van der Waals surface area contributed by atoms with Gasteiger partial charge in [-0.1, -0.05) is 68.3 Å². The fourth-order valence-corrected chi connectivity index (χ4v) is 7.04. The molecule has 51 heavy (non-hydrogen) atoms. The van der Waals surface area contributed by atoms with E-state index in [4.69, 9.17) is 4.74 Å². The molecule has 4 aromatic rings. The number of aromatic nitrogens is 4. The molecule has 1 saturated carbocycles. The Balaban J connectivity index is 1.01. The molecule has 7 rings (SSSR count). The van der Waals surface area contributed by atoms with Gasteiger partial charge >= 0.3 is 0 Å². The number of hydrogen-bond donors (Lipinski definition) is 5. The zero-order valence-electron chi connectivity index (χ0n) is 29.1. The second kappa shape index (κ2) is 15.2. The largest absolute Gasteiger partial charge is 0.381 e. The van der Waals surface area contributed by atoms with Crippen molar-refractivity contribution in [3.05, 3.63) is 72.6 Å². The molecule has 0 bridgehead atoms. The number of aromatic amines is 2. The lowest BCUT2D eigenvalue weighted by atomic mass is 10.0. The van der Waals surface area contributed by atoms with E-state index in [2.05, 4.69) is 67.0 Å². The summed E-state index contributed by atoms with van der Waals surface area (Å²) in [5.74, 6) is 0.896. The summed E-state index contributed by atoms with van der Waals surface area (Å²) in [7, 11) is 0. The Kier molecular flexibility index (Phi) is 10.3. The lowest BCUT2D eigenvalue weighted by Crippen LogP contribution is -2.47. The molecule has 3 fully saturated rings. The maximum absolute atomic E-state index is 13.3. The van der Waals surface area contributed by atoms with Crippen LogP contribution in [0.4, 0.5) is 0 Å². The Morgan fingerprint density at radius 3 is 2.12 bits per heavy atom. The highest BCUT2D eigenvalue weighted by Gasteiger charge is 2.52. The van der Waals surface area contributed by atoms with Crippen molar-refractivity contribution in [1.29, 1.82) is 0 Å². The molecule has 12 nitrogen and oxygen atoms in total. The van der Waals surface area contributed by atoms with Crippen LogP contribution in [0.1, 0.15) is 94.9 Å². The van der Waals surface area contributed by atoms with Crippen molar-refractivity contribution >= 4 is 17.7 Å². The van der Waals surface area contributed by atoms with Gasteiger partial charge < -0.3 is 35.3 Å². The van der Waals surface area contributed by atoms with Gasteiger partial charge in [-0.15, -0.1) is 0 Å². The number of benzene rings is 2. The Labute approximate surface area is 297 Å². The molecule has 2 saturated heterocycles. The zero-order valence-corrected chi connectivity index (χ0v) is 29.1. The number of rotatable bonds is 8. The zero-order chi connectivity index (χ0) is 35.4. The van der Waals surface area contributed by atoms with E-state index in [-0.39, 0.29) is 29.8 Å². The number of H-pyrrole nitrogens is 2. The lowest BCUT2D eigenvalue weighted by Gasteiger charge is -2.25. The van der Waals surface area contributed by atoms with Crippen LogP contribution in [-0.2, 0) is 19.1 Å². The maximum Gasteiger partial charge on any atom is 0.255 e. The fourth-order valence-electron chi connectivity index (χ4n) is 7.04. The molecule has 3 aliphatic rings. The number of nitrogens with one attached hydrogen (secondary N) is 4. The number of imidazole rings is 2. The molecular formula is C39H47N7O5. The van der Waals surface area contributed by atoms with Gasteiger partial charge in [0.15, 0.2) is 0 Å². The molecule has 2 aromatic heterocycles. The number of amides is 3. The number of carbonyl (C=O) groups excluding carboxylic acids is 3. The Bertz CT molecular complexity index is 1830. The van der Waals surface area contributed by atoms with Crippen LogP contribution in [-0.4, -0.2) is 79.1 Å². The molecule has 3 amide bonds. The number of carbonyl (C=O) groups is 3. The van der Waals surface area contributed by atoms with Crippen molar-refractivity contribution in [1.82, 2.24) is 35.5 Å². The van der Waals surface area contributed by atoms with E-state index in [9.17, 15) is 19.5 Å². The van der Waals surface area contributed by atoms with Crippen LogP contribution in [0, 0.1) is 0 Å². The molecule has 0 radical (unpaired) electrons. The highest BCUT2D eigenvalue weighted by Crippen LogP contribution is 2.41. The Morgan fingerprint density at radius 2 is 1.47 bits per heavy atom. The van der Waals surface area contributed by atoms with Gasteiger partial charge in [-0.25, -0.2) is 9.97 Å².